The first kappa shape index (κ1) is 10.2. The van der Waals surface area contributed by atoms with E-state index >= 15 is 0 Å². The Morgan fingerprint density at radius 2 is 2.53 bits per heavy atom. The summed E-state index contributed by atoms with van der Waals surface area (Å²) in [5.74, 6) is 0.631. The molecule has 1 aliphatic carbocycles. The predicted molar refractivity (Wildman–Crippen MR) is 54.2 cm³/mol. The third-order valence-electron chi connectivity index (χ3n) is 2.75. The van der Waals surface area contributed by atoms with Gasteiger partial charge in [0.2, 0.25) is 5.91 Å². The molecule has 4 heteroatoms. The van der Waals surface area contributed by atoms with Crippen molar-refractivity contribution in [2.24, 2.45) is 0 Å². The molecule has 0 bridgehead atoms. The monoisotopic (exact) mass is 209 g/mol. The molecule has 1 aromatic rings. The minimum Gasteiger partial charge on any atom is -0.469 e. The number of hydrogen-bond acceptors (Lipinski definition) is 3. The second kappa shape index (κ2) is 4.06. The number of rotatable bonds is 2. The van der Waals surface area contributed by atoms with Gasteiger partial charge in [-0.05, 0) is 25.8 Å². The molecule has 1 heterocycles. The van der Waals surface area contributed by atoms with Crippen molar-refractivity contribution < 1.29 is 14.3 Å². The number of aliphatic hydroxyl groups excluding tert-OH is 1. The second-order valence-corrected chi connectivity index (χ2v) is 3.93. The van der Waals surface area contributed by atoms with E-state index in [1.165, 1.54) is 6.92 Å². The molecule has 0 aromatic carbocycles. The van der Waals surface area contributed by atoms with Crippen LogP contribution in [0.2, 0.25) is 0 Å². The van der Waals surface area contributed by atoms with Crippen LogP contribution < -0.4 is 5.32 Å². The molecular formula is C11H15NO3. The van der Waals surface area contributed by atoms with E-state index in [9.17, 15) is 4.79 Å². The molecule has 2 N–H and O–H groups in total. The topological polar surface area (TPSA) is 62.5 Å². The van der Waals surface area contributed by atoms with Crippen LogP contribution in [0.5, 0.6) is 0 Å². The smallest absolute Gasteiger partial charge is 0.249 e. The highest BCUT2D eigenvalue weighted by atomic mass is 16.3. The molecule has 4 nitrogen and oxygen atoms in total. The third-order valence-corrected chi connectivity index (χ3v) is 2.75. The number of furan rings is 1. The summed E-state index contributed by atoms with van der Waals surface area (Å²) in [6.45, 7) is 1.47. The van der Waals surface area contributed by atoms with Crippen molar-refractivity contribution in [2.45, 2.75) is 38.3 Å². The Balaban J connectivity index is 2.10. The maximum atomic E-state index is 11.4. The van der Waals surface area contributed by atoms with Gasteiger partial charge < -0.3 is 14.8 Å². The Labute approximate surface area is 88.3 Å². The number of nitrogens with one attached hydrogen (secondary N) is 1. The van der Waals surface area contributed by atoms with Gasteiger partial charge in [0.1, 0.15) is 11.9 Å². The van der Waals surface area contributed by atoms with Crippen LogP contribution >= 0.6 is 0 Å². The summed E-state index contributed by atoms with van der Waals surface area (Å²) in [7, 11) is 0. The lowest BCUT2D eigenvalue weighted by Crippen LogP contribution is -2.36. The molecule has 2 unspecified atom stereocenters. The Morgan fingerprint density at radius 1 is 1.73 bits per heavy atom. The lowest BCUT2D eigenvalue weighted by Gasteiger charge is -2.23. The van der Waals surface area contributed by atoms with Crippen LogP contribution in [0.15, 0.2) is 16.7 Å². The van der Waals surface area contributed by atoms with Crippen molar-refractivity contribution in [3.05, 3.63) is 23.7 Å². The molecule has 2 rings (SSSR count). The van der Waals surface area contributed by atoms with Crippen molar-refractivity contribution in [3.63, 3.8) is 0 Å². The fourth-order valence-corrected chi connectivity index (χ4v) is 1.93. The van der Waals surface area contributed by atoms with E-state index in [0.717, 1.165) is 30.6 Å². The quantitative estimate of drug-likeness (QED) is 0.768. The Kier molecular flexibility index (Phi) is 2.77. The highest BCUT2D eigenvalue weighted by molar-refractivity contribution is 5.80. The molecule has 1 aromatic heterocycles. The first-order chi connectivity index (χ1) is 7.18. The zero-order valence-electron chi connectivity index (χ0n) is 8.69. The molecule has 2 atom stereocenters. The minimum atomic E-state index is -0.956. The largest absolute Gasteiger partial charge is 0.469 e. The predicted octanol–water partition coefficient (Wildman–Crippen LogP) is 1.15. The summed E-state index contributed by atoms with van der Waals surface area (Å²) in [6, 6.07) is 1.89. The number of aliphatic hydroxyl groups is 1. The second-order valence-electron chi connectivity index (χ2n) is 3.93. The van der Waals surface area contributed by atoms with Gasteiger partial charge in [0.25, 0.3) is 0 Å². The van der Waals surface area contributed by atoms with Crippen LogP contribution in [-0.4, -0.2) is 17.1 Å². The third kappa shape index (κ3) is 2.04. The van der Waals surface area contributed by atoms with E-state index in [1.54, 1.807) is 6.26 Å². The van der Waals surface area contributed by atoms with Gasteiger partial charge in [-0.25, -0.2) is 0 Å². The highest BCUT2D eigenvalue weighted by Crippen LogP contribution is 2.30. The number of carbonyl (C=O) groups excluding carboxylic acids is 1. The molecule has 0 spiro atoms. The number of fused-ring (bicyclic) bond motifs is 1. The Bertz CT molecular complexity index is 356. The van der Waals surface area contributed by atoms with Crippen LogP contribution in [0.3, 0.4) is 0 Å². The van der Waals surface area contributed by atoms with Gasteiger partial charge in [-0.2, -0.15) is 0 Å². The summed E-state index contributed by atoms with van der Waals surface area (Å²) < 4.78 is 5.31. The molecule has 15 heavy (non-hydrogen) atoms. The number of carbonyl (C=O) groups is 1. The van der Waals surface area contributed by atoms with E-state index in [4.69, 9.17) is 9.52 Å². The average Bonchev–Trinajstić information content (AvgIpc) is 2.66. The van der Waals surface area contributed by atoms with Crippen LogP contribution in [0.1, 0.15) is 37.1 Å². The normalized spacial score (nSPS) is 21.9. The first-order valence-electron chi connectivity index (χ1n) is 5.23. The summed E-state index contributed by atoms with van der Waals surface area (Å²) in [5.41, 5.74) is 1.05. The average molecular weight is 209 g/mol. The molecule has 1 aliphatic rings. The maximum Gasteiger partial charge on any atom is 0.249 e. The van der Waals surface area contributed by atoms with E-state index in [2.05, 4.69) is 5.32 Å². The van der Waals surface area contributed by atoms with Gasteiger partial charge in [0, 0.05) is 12.0 Å². The van der Waals surface area contributed by atoms with Crippen LogP contribution in [-0.2, 0) is 11.2 Å². The van der Waals surface area contributed by atoms with E-state index in [-0.39, 0.29) is 11.9 Å². The van der Waals surface area contributed by atoms with Crippen molar-refractivity contribution in [2.75, 3.05) is 0 Å². The van der Waals surface area contributed by atoms with E-state index in [1.807, 2.05) is 6.07 Å². The first-order valence-corrected chi connectivity index (χ1v) is 5.23. The molecule has 0 saturated heterocycles. The van der Waals surface area contributed by atoms with Gasteiger partial charge >= 0.3 is 0 Å². The fourth-order valence-electron chi connectivity index (χ4n) is 1.93. The summed E-state index contributed by atoms with van der Waals surface area (Å²) in [6.07, 6.45) is 3.54. The summed E-state index contributed by atoms with van der Waals surface area (Å²) in [4.78, 5) is 11.4. The van der Waals surface area contributed by atoms with Crippen LogP contribution in [0, 0.1) is 0 Å². The van der Waals surface area contributed by atoms with E-state index < -0.39 is 6.10 Å². The van der Waals surface area contributed by atoms with Gasteiger partial charge in [0.15, 0.2) is 0 Å². The van der Waals surface area contributed by atoms with Crippen molar-refractivity contribution in [1.82, 2.24) is 5.32 Å². The van der Waals surface area contributed by atoms with Crippen molar-refractivity contribution in [3.8, 4) is 0 Å². The Morgan fingerprint density at radius 3 is 3.27 bits per heavy atom. The zero-order valence-corrected chi connectivity index (χ0v) is 8.69. The molecular weight excluding hydrogens is 194 g/mol. The number of hydrogen-bond donors (Lipinski definition) is 2. The maximum absolute atomic E-state index is 11.4. The lowest BCUT2D eigenvalue weighted by atomic mass is 9.93. The van der Waals surface area contributed by atoms with Crippen molar-refractivity contribution >= 4 is 5.91 Å². The SMILES string of the molecule is CC(O)C(=O)NC1CCCc2occc21. The summed E-state index contributed by atoms with van der Waals surface area (Å²) in [5, 5.41) is 11.9. The molecule has 0 saturated carbocycles. The van der Waals surface area contributed by atoms with Crippen molar-refractivity contribution in [1.29, 1.82) is 0 Å². The van der Waals surface area contributed by atoms with Gasteiger partial charge in [-0.15, -0.1) is 0 Å². The lowest BCUT2D eigenvalue weighted by molar-refractivity contribution is -0.129. The standard InChI is InChI=1S/C11H15NO3/c1-7(13)11(14)12-9-3-2-4-10-8(9)5-6-15-10/h5-7,9,13H,2-4H2,1H3,(H,12,14). The molecule has 0 fully saturated rings. The minimum absolute atomic E-state index is 0.00500. The zero-order chi connectivity index (χ0) is 10.8. The van der Waals surface area contributed by atoms with Gasteiger partial charge in [0.05, 0.1) is 12.3 Å². The fraction of sp³-hybridized carbons (Fsp3) is 0.545. The molecule has 0 radical (unpaired) electrons. The van der Waals surface area contributed by atoms with Crippen LogP contribution in [0.25, 0.3) is 0 Å². The number of amides is 1. The molecule has 82 valence electrons. The number of aryl methyl sites for hydroxylation is 1. The van der Waals surface area contributed by atoms with Crippen LogP contribution in [0.4, 0.5) is 0 Å². The Hall–Kier alpha value is -1.29. The molecule has 0 aliphatic heterocycles. The van der Waals surface area contributed by atoms with E-state index in [0.29, 0.717) is 0 Å². The van der Waals surface area contributed by atoms with Gasteiger partial charge in [-0.3, -0.25) is 4.79 Å². The highest BCUT2D eigenvalue weighted by Gasteiger charge is 2.24. The molecule has 1 amide bonds. The summed E-state index contributed by atoms with van der Waals surface area (Å²) >= 11 is 0. The van der Waals surface area contributed by atoms with Gasteiger partial charge in [-0.1, -0.05) is 0 Å².